The van der Waals surface area contributed by atoms with Gasteiger partial charge in [0, 0.05) is 43.7 Å². The second-order valence-corrected chi connectivity index (χ2v) is 11.4. The van der Waals surface area contributed by atoms with Crippen molar-refractivity contribution in [3.05, 3.63) is 71.9 Å². The highest BCUT2D eigenvalue weighted by atomic mass is 16.5. The Labute approximate surface area is 233 Å². The van der Waals surface area contributed by atoms with Crippen LogP contribution in [-0.2, 0) is 19.1 Å². The number of carbonyl (C=O) groups excluding carboxylic acids is 3. The fourth-order valence-electron chi connectivity index (χ4n) is 5.27. The third-order valence-electron chi connectivity index (χ3n) is 7.55. The molecule has 0 saturated carbocycles. The van der Waals surface area contributed by atoms with E-state index in [4.69, 9.17) is 4.74 Å². The SMILES string of the molecule is CC(=O)N[C@@H]1C=C[C@@H]2/C=C(C)\C=C/[C@@H](C)[C@H]([C@H](C)[C@H](O)[C@@H](C)NC(C)=O)OC(=O)\C=C/C=C(C)\C=C/[C@]2(C)C1. The van der Waals surface area contributed by atoms with Crippen LogP contribution in [0.25, 0.3) is 0 Å². The Morgan fingerprint density at radius 1 is 1.05 bits per heavy atom. The average Bonchev–Trinajstić information content (AvgIpc) is 2.84. The number of allylic oxidation sites excluding steroid dienone is 9. The van der Waals surface area contributed by atoms with Crippen molar-refractivity contribution in [3.63, 3.8) is 0 Å². The third-order valence-corrected chi connectivity index (χ3v) is 7.55. The molecule has 2 amide bonds. The standard InChI is InChI=1S/C32H46N2O5/c1-20-10-9-11-29(37)39-31(23(4)30(38)24(5)33-25(6)35)22(3)13-12-21(2)18-27-14-15-28(34-26(7)36)19-32(27,8)17-16-20/h9-18,22-24,27-28,30-31,38H,19H2,1-8H3,(H,33,35)(H,34,36)/b11-9-,13-12-,17-16-,20-10-,21-18-/t22-,23-,24-,27-,28-,30+,31-,32-/m1/s1. The number of aliphatic hydroxyl groups is 1. The maximum atomic E-state index is 12.8. The van der Waals surface area contributed by atoms with Gasteiger partial charge in [0.1, 0.15) is 6.10 Å². The molecule has 0 aromatic rings. The number of esters is 1. The van der Waals surface area contributed by atoms with Crippen molar-refractivity contribution in [1.82, 2.24) is 10.6 Å². The molecule has 214 valence electrons. The van der Waals surface area contributed by atoms with E-state index in [1.807, 2.05) is 52.0 Å². The van der Waals surface area contributed by atoms with Gasteiger partial charge in [-0.1, -0.05) is 86.6 Å². The molecule has 0 unspecified atom stereocenters. The summed E-state index contributed by atoms with van der Waals surface area (Å²) in [5.74, 6) is -1.32. The highest BCUT2D eigenvalue weighted by Gasteiger charge is 2.35. The van der Waals surface area contributed by atoms with Crippen molar-refractivity contribution >= 4 is 17.8 Å². The summed E-state index contributed by atoms with van der Waals surface area (Å²) >= 11 is 0. The molecule has 0 saturated heterocycles. The Balaban J connectivity index is 2.47. The van der Waals surface area contributed by atoms with Crippen LogP contribution in [0.4, 0.5) is 0 Å². The number of amides is 2. The van der Waals surface area contributed by atoms with Crippen molar-refractivity contribution in [2.24, 2.45) is 23.2 Å². The largest absolute Gasteiger partial charge is 0.458 e. The highest BCUT2D eigenvalue weighted by molar-refractivity contribution is 5.82. The van der Waals surface area contributed by atoms with Crippen LogP contribution >= 0.6 is 0 Å². The van der Waals surface area contributed by atoms with E-state index in [1.54, 1.807) is 13.0 Å². The Bertz CT molecular complexity index is 1080. The third kappa shape index (κ3) is 9.81. The van der Waals surface area contributed by atoms with Crippen molar-refractivity contribution in [3.8, 4) is 0 Å². The van der Waals surface area contributed by atoms with E-state index in [0.717, 1.165) is 17.6 Å². The van der Waals surface area contributed by atoms with Gasteiger partial charge in [0.2, 0.25) is 11.8 Å². The van der Waals surface area contributed by atoms with Gasteiger partial charge in [-0.25, -0.2) is 4.79 Å². The predicted octanol–water partition coefficient (Wildman–Crippen LogP) is 4.72. The molecule has 8 atom stereocenters. The molecule has 2 aliphatic rings. The Morgan fingerprint density at radius 3 is 2.38 bits per heavy atom. The second-order valence-electron chi connectivity index (χ2n) is 11.4. The lowest BCUT2D eigenvalue weighted by atomic mass is 9.68. The molecule has 7 heteroatoms. The number of hydrogen-bond acceptors (Lipinski definition) is 5. The van der Waals surface area contributed by atoms with Crippen LogP contribution in [0.1, 0.15) is 61.8 Å². The Hall–Kier alpha value is -3.19. The van der Waals surface area contributed by atoms with Gasteiger partial charge < -0.3 is 20.5 Å². The molecule has 1 aliphatic carbocycles. The van der Waals surface area contributed by atoms with E-state index in [0.29, 0.717) is 0 Å². The summed E-state index contributed by atoms with van der Waals surface area (Å²) in [6.07, 6.45) is 18.8. The number of ether oxygens (including phenoxy) is 1. The monoisotopic (exact) mass is 538 g/mol. The molecule has 1 aliphatic heterocycles. The zero-order valence-corrected chi connectivity index (χ0v) is 24.6. The molecule has 3 N–H and O–H groups in total. The quantitative estimate of drug-likeness (QED) is 0.347. The molecular weight excluding hydrogens is 492 g/mol. The van der Waals surface area contributed by atoms with Crippen LogP contribution in [-0.4, -0.2) is 47.2 Å². The van der Waals surface area contributed by atoms with Gasteiger partial charge in [0.25, 0.3) is 0 Å². The van der Waals surface area contributed by atoms with E-state index >= 15 is 0 Å². The number of cyclic esters (lactones) is 1. The normalized spacial score (nSPS) is 35.4. The number of rotatable bonds is 5. The summed E-state index contributed by atoms with van der Waals surface area (Å²) in [5, 5.41) is 16.7. The summed E-state index contributed by atoms with van der Waals surface area (Å²) < 4.78 is 5.86. The van der Waals surface area contributed by atoms with Crippen molar-refractivity contribution in [2.45, 2.75) is 86.1 Å². The van der Waals surface area contributed by atoms with E-state index < -0.39 is 30.1 Å². The average molecular weight is 539 g/mol. The van der Waals surface area contributed by atoms with E-state index in [9.17, 15) is 19.5 Å². The minimum atomic E-state index is -0.911. The van der Waals surface area contributed by atoms with Crippen LogP contribution < -0.4 is 10.6 Å². The van der Waals surface area contributed by atoms with Crippen LogP contribution in [0.15, 0.2) is 71.9 Å². The van der Waals surface area contributed by atoms with E-state index in [-0.39, 0.29) is 35.1 Å². The molecule has 0 fully saturated rings. The second kappa shape index (κ2) is 14.3. The lowest BCUT2D eigenvalue weighted by molar-refractivity contribution is -0.151. The number of nitrogens with one attached hydrogen (secondary N) is 2. The zero-order valence-electron chi connectivity index (χ0n) is 24.6. The van der Waals surface area contributed by atoms with Gasteiger partial charge in [-0.2, -0.15) is 0 Å². The molecule has 0 aromatic heterocycles. The van der Waals surface area contributed by atoms with Gasteiger partial charge >= 0.3 is 5.97 Å². The molecule has 7 nitrogen and oxygen atoms in total. The molecule has 2 rings (SSSR count). The van der Waals surface area contributed by atoms with Gasteiger partial charge in [-0.15, -0.1) is 0 Å². The van der Waals surface area contributed by atoms with Crippen molar-refractivity contribution < 1.29 is 24.2 Å². The van der Waals surface area contributed by atoms with E-state index in [2.05, 4.69) is 41.9 Å². The highest BCUT2D eigenvalue weighted by Crippen LogP contribution is 2.41. The van der Waals surface area contributed by atoms with E-state index in [1.165, 1.54) is 19.9 Å². The molecule has 0 spiro atoms. The summed E-state index contributed by atoms with van der Waals surface area (Å²) in [6.45, 7) is 14.7. The zero-order chi connectivity index (χ0) is 29.3. The first-order valence-corrected chi connectivity index (χ1v) is 13.7. The van der Waals surface area contributed by atoms with Gasteiger partial charge in [-0.05, 0) is 32.6 Å². The molecule has 0 aromatic carbocycles. The topological polar surface area (TPSA) is 105 Å². The first-order chi connectivity index (χ1) is 18.2. The summed E-state index contributed by atoms with van der Waals surface area (Å²) in [4.78, 5) is 36.0. The first kappa shape index (κ1) is 32.0. The first-order valence-electron chi connectivity index (χ1n) is 13.7. The minimum Gasteiger partial charge on any atom is -0.458 e. The van der Waals surface area contributed by atoms with Crippen molar-refractivity contribution in [2.75, 3.05) is 0 Å². The molecule has 0 radical (unpaired) electrons. The number of carbonyl (C=O) groups is 3. The number of aliphatic hydroxyl groups excluding tert-OH is 1. The number of hydrogen-bond donors (Lipinski definition) is 3. The fourth-order valence-corrected chi connectivity index (χ4v) is 5.27. The Morgan fingerprint density at radius 2 is 1.74 bits per heavy atom. The van der Waals surface area contributed by atoms with Crippen LogP contribution in [0.2, 0.25) is 0 Å². The summed E-state index contributed by atoms with van der Waals surface area (Å²) in [5.41, 5.74) is 1.78. The van der Waals surface area contributed by atoms with Crippen molar-refractivity contribution in [1.29, 1.82) is 0 Å². The summed E-state index contributed by atoms with van der Waals surface area (Å²) in [6, 6.07) is -0.546. The molecule has 39 heavy (non-hydrogen) atoms. The maximum Gasteiger partial charge on any atom is 0.331 e. The fraction of sp³-hybridized carbons (Fsp3) is 0.531. The summed E-state index contributed by atoms with van der Waals surface area (Å²) in [7, 11) is 0. The maximum absolute atomic E-state index is 12.8. The molecular formula is C32H46N2O5. The van der Waals surface area contributed by atoms with Gasteiger partial charge in [0.15, 0.2) is 0 Å². The molecule has 0 bridgehead atoms. The lowest BCUT2D eigenvalue weighted by Crippen LogP contribution is -2.48. The number of fused-ring (bicyclic) bond motifs is 1. The van der Waals surface area contributed by atoms with Crippen LogP contribution in [0.3, 0.4) is 0 Å². The smallest absolute Gasteiger partial charge is 0.331 e. The van der Waals surface area contributed by atoms with Gasteiger partial charge in [0.05, 0.1) is 12.1 Å². The van der Waals surface area contributed by atoms with Gasteiger partial charge in [-0.3, -0.25) is 9.59 Å². The van der Waals surface area contributed by atoms with Crippen LogP contribution in [0, 0.1) is 23.2 Å². The predicted molar refractivity (Wildman–Crippen MR) is 155 cm³/mol. The minimum absolute atomic E-state index is 0.0456. The molecule has 1 heterocycles. The Kier molecular flexibility index (Phi) is 11.7. The van der Waals surface area contributed by atoms with Crippen LogP contribution in [0.5, 0.6) is 0 Å². The lowest BCUT2D eigenvalue weighted by Gasteiger charge is -2.38.